The van der Waals surface area contributed by atoms with Crippen molar-refractivity contribution >= 4 is 23.5 Å². The van der Waals surface area contributed by atoms with E-state index >= 15 is 0 Å². The van der Waals surface area contributed by atoms with Crippen LogP contribution in [0.1, 0.15) is 23.3 Å². The number of nitrogens with zero attached hydrogens (tertiary/aromatic N) is 2. The van der Waals surface area contributed by atoms with Gasteiger partial charge in [0.1, 0.15) is 17.4 Å². The van der Waals surface area contributed by atoms with Gasteiger partial charge in [-0.3, -0.25) is 9.59 Å². The zero-order valence-corrected chi connectivity index (χ0v) is 9.72. The first-order valence-electron chi connectivity index (χ1n) is 5.23. The first-order chi connectivity index (χ1) is 8.08. The summed E-state index contributed by atoms with van der Waals surface area (Å²) in [6.45, 7) is -0.294. The molecule has 0 atom stereocenters. The molecule has 0 unspecified atom stereocenters. The summed E-state index contributed by atoms with van der Waals surface area (Å²) in [7, 11) is 0. The second-order valence-electron chi connectivity index (χ2n) is 3.90. The van der Waals surface area contributed by atoms with Crippen LogP contribution < -0.4 is 0 Å². The quantitative estimate of drug-likeness (QED) is 0.825. The Morgan fingerprint density at radius 1 is 1.47 bits per heavy atom. The highest BCUT2D eigenvalue weighted by Gasteiger charge is 2.34. The van der Waals surface area contributed by atoms with Gasteiger partial charge in [0.2, 0.25) is 0 Å². The van der Waals surface area contributed by atoms with Gasteiger partial charge in [-0.05, 0) is 25.0 Å². The minimum absolute atomic E-state index is 0.0272. The number of aliphatic carboxylic acids is 1. The highest BCUT2D eigenvalue weighted by Crippen LogP contribution is 2.27. The molecule has 1 fully saturated rings. The van der Waals surface area contributed by atoms with Crippen molar-refractivity contribution in [1.82, 2.24) is 9.88 Å². The van der Waals surface area contributed by atoms with E-state index in [9.17, 15) is 9.59 Å². The smallest absolute Gasteiger partial charge is 0.323 e. The van der Waals surface area contributed by atoms with E-state index in [0.717, 1.165) is 12.8 Å². The van der Waals surface area contributed by atoms with Crippen molar-refractivity contribution in [2.24, 2.45) is 0 Å². The summed E-state index contributed by atoms with van der Waals surface area (Å²) >= 11 is 5.70. The van der Waals surface area contributed by atoms with E-state index in [1.54, 1.807) is 12.1 Å². The van der Waals surface area contributed by atoms with Crippen LogP contribution >= 0.6 is 11.6 Å². The van der Waals surface area contributed by atoms with Crippen LogP contribution in [-0.2, 0) is 4.79 Å². The van der Waals surface area contributed by atoms with Crippen LogP contribution in [0.15, 0.2) is 18.2 Å². The van der Waals surface area contributed by atoms with Gasteiger partial charge in [-0.25, -0.2) is 4.98 Å². The van der Waals surface area contributed by atoms with Gasteiger partial charge in [-0.15, -0.1) is 0 Å². The topological polar surface area (TPSA) is 70.5 Å². The largest absolute Gasteiger partial charge is 0.480 e. The summed E-state index contributed by atoms with van der Waals surface area (Å²) in [5, 5.41) is 8.99. The predicted molar refractivity (Wildman–Crippen MR) is 60.9 cm³/mol. The molecule has 1 N–H and O–H groups in total. The molecular weight excluding hydrogens is 244 g/mol. The summed E-state index contributed by atoms with van der Waals surface area (Å²) < 4.78 is 0. The van der Waals surface area contributed by atoms with Crippen LogP contribution in [0.25, 0.3) is 0 Å². The Balaban J connectivity index is 2.18. The number of aromatic nitrogens is 1. The molecule has 0 saturated heterocycles. The Kier molecular flexibility index (Phi) is 3.28. The van der Waals surface area contributed by atoms with Crippen molar-refractivity contribution in [3.63, 3.8) is 0 Å². The van der Waals surface area contributed by atoms with Crippen molar-refractivity contribution in [2.75, 3.05) is 6.54 Å². The standard InChI is InChI=1S/C11H11ClN2O3/c12-9-3-1-2-8(13-9)11(17)14(6-10(15)16)7-4-5-7/h1-3,7H,4-6H2,(H,15,16). The molecule has 2 rings (SSSR count). The van der Waals surface area contributed by atoms with Gasteiger partial charge in [0.05, 0.1) is 0 Å². The van der Waals surface area contributed by atoms with E-state index in [4.69, 9.17) is 16.7 Å². The van der Waals surface area contributed by atoms with Crippen molar-refractivity contribution < 1.29 is 14.7 Å². The van der Waals surface area contributed by atoms with Crippen molar-refractivity contribution in [2.45, 2.75) is 18.9 Å². The third-order valence-corrected chi connectivity index (χ3v) is 2.70. The first-order valence-corrected chi connectivity index (χ1v) is 5.61. The lowest BCUT2D eigenvalue weighted by atomic mass is 10.3. The van der Waals surface area contributed by atoms with E-state index in [0.29, 0.717) is 0 Å². The van der Waals surface area contributed by atoms with E-state index < -0.39 is 5.97 Å². The highest BCUT2D eigenvalue weighted by atomic mass is 35.5. The number of carboxylic acids is 1. The molecular formula is C11H11ClN2O3. The van der Waals surface area contributed by atoms with Gasteiger partial charge in [0.25, 0.3) is 5.91 Å². The lowest BCUT2D eigenvalue weighted by molar-refractivity contribution is -0.137. The number of carbonyl (C=O) groups is 2. The van der Waals surface area contributed by atoms with Crippen LogP contribution in [0.3, 0.4) is 0 Å². The molecule has 1 saturated carbocycles. The molecule has 1 amide bonds. The van der Waals surface area contributed by atoms with Crippen LogP contribution in [0.5, 0.6) is 0 Å². The normalized spacial score (nSPS) is 14.4. The van der Waals surface area contributed by atoms with Gasteiger partial charge in [-0.1, -0.05) is 17.7 Å². The van der Waals surface area contributed by atoms with Crippen LogP contribution in [0.2, 0.25) is 5.15 Å². The van der Waals surface area contributed by atoms with E-state index in [2.05, 4.69) is 4.98 Å². The highest BCUT2D eigenvalue weighted by molar-refractivity contribution is 6.29. The third kappa shape index (κ3) is 2.94. The molecule has 6 heteroatoms. The van der Waals surface area contributed by atoms with Crippen LogP contribution in [0.4, 0.5) is 0 Å². The number of rotatable bonds is 4. The Morgan fingerprint density at radius 3 is 2.71 bits per heavy atom. The van der Waals surface area contributed by atoms with Gasteiger partial charge < -0.3 is 10.0 Å². The number of carbonyl (C=O) groups excluding carboxylic acids is 1. The lowest BCUT2D eigenvalue weighted by Crippen LogP contribution is -2.37. The summed E-state index contributed by atoms with van der Waals surface area (Å²) in [6, 6.07) is 4.75. The van der Waals surface area contributed by atoms with Crippen molar-refractivity contribution in [1.29, 1.82) is 0 Å². The molecule has 1 aliphatic rings. The molecule has 17 heavy (non-hydrogen) atoms. The maximum Gasteiger partial charge on any atom is 0.323 e. The maximum absolute atomic E-state index is 12.1. The van der Waals surface area contributed by atoms with Gasteiger partial charge in [0.15, 0.2) is 0 Å². The zero-order valence-electron chi connectivity index (χ0n) is 8.97. The number of carboxylic acid groups (broad SMARTS) is 1. The van der Waals surface area contributed by atoms with E-state index in [1.807, 2.05) is 0 Å². The molecule has 0 aliphatic heterocycles. The molecule has 0 radical (unpaired) electrons. The average Bonchev–Trinajstić information content (AvgIpc) is 3.08. The Hall–Kier alpha value is -1.62. The molecule has 0 spiro atoms. The molecule has 1 aliphatic carbocycles. The maximum atomic E-state index is 12.1. The molecule has 0 aromatic carbocycles. The number of halogens is 1. The molecule has 0 bridgehead atoms. The predicted octanol–water partition coefficient (Wildman–Crippen LogP) is 1.42. The minimum Gasteiger partial charge on any atom is -0.480 e. The Bertz CT molecular complexity index is 460. The number of amides is 1. The van der Waals surface area contributed by atoms with E-state index in [-0.39, 0.29) is 29.3 Å². The fraction of sp³-hybridized carbons (Fsp3) is 0.364. The van der Waals surface area contributed by atoms with Crippen LogP contribution in [-0.4, -0.2) is 39.5 Å². The van der Waals surface area contributed by atoms with Gasteiger partial charge in [0, 0.05) is 6.04 Å². The second-order valence-corrected chi connectivity index (χ2v) is 4.29. The average molecular weight is 255 g/mol. The fourth-order valence-electron chi connectivity index (χ4n) is 1.57. The minimum atomic E-state index is -1.02. The third-order valence-electron chi connectivity index (χ3n) is 2.49. The molecule has 5 nitrogen and oxygen atoms in total. The number of hydrogen-bond donors (Lipinski definition) is 1. The fourth-order valence-corrected chi connectivity index (χ4v) is 1.74. The zero-order chi connectivity index (χ0) is 12.4. The molecule has 90 valence electrons. The summed E-state index contributed by atoms with van der Waals surface area (Å²) in [4.78, 5) is 28.0. The lowest BCUT2D eigenvalue weighted by Gasteiger charge is -2.19. The monoisotopic (exact) mass is 254 g/mol. The number of hydrogen-bond acceptors (Lipinski definition) is 3. The van der Waals surface area contributed by atoms with Crippen LogP contribution in [0, 0.1) is 0 Å². The molecule has 1 heterocycles. The second kappa shape index (κ2) is 4.71. The summed E-state index contributed by atoms with van der Waals surface area (Å²) in [5.74, 6) is -1.40. The Morgan fingerprint density at radius 2 is 2.18 bits per heavy atom. The van der Waals surface area contributed by atoms with Gasteiger partial charge >= 0.3 is 5.97 Å². The van der Waals surface area contributed by atoms with Crippen molar-refractivity contribution in [3.8, 4) is 0 Å². The number of pyridine rings is 1. The summed E-state index contributed by atoms with van der Waals surface area (Å²) in [5.41, 5.74) is 0.186. The SMILES string of the molecule is O=C(O)CN(C(=O)c1cccc(Cl)n1)C1CC1. The first kappa shape index (κ1) is 11.9. The Labute approximate surface area is 103 Å². The molecule has 1 aromatic rings. The summed E-state index contributed by atoms with van der Waals surface area (Å²) in [6.07, 6.45) is 1.69. The van der Waals surface area contributed by atoms with Crippen molar-refractivity contribution in [3.05, 3.63) is 29.0 Å². The van der Waals surface area contributed by atoms with Gasteiger partial charge in [-0.2, -0.15) is 0 Å². The van der Waals surface area contributed by atoms with E-state index in [1.165, 1.54) is 11.0 Å². The molecule has 1 aromatic heterocycles.